The monoisotopic (exact) mass is 322 g/mol. The van der Waals surface area contributed by atoms with Crippen molar-refractivity contribution < 1.29 is 9.84 Å². The summed E-state index contributed by atoms with van der Waals surface area (Å²) in [6.45, 7) is 4.65. The minimum Gasteiger partial charge on any atom is -0.491 e. The van der Waals surface area contributed by atoms with E-state index >= 15 is 0 Å². The molecule has 0 bridgehead atoms. The second-order valence-electron chi connectivity index (χ2n) is 5.99. The lowest BCUT2D eigenvalue weighted by atomic mass is 10.1. The quantitative estimate of drug-likeness (QED) is 0.726. The Balaban J connectivity index is 1.61. The summed E-state index contributed by atoms with van der Waals surface area (Å²) >= 11 is 0. The van der Waals surface area contributed by atoms with E-state index in [0.717, 1.165) is 33.6 Å². The fourth-order valence-corrected chi connectivity index (χ4v) is 2.64. The number of aliphatic hydroxyl groups is 1. The Bertz CT molecular complexity index is 833. The third kappa shape index (κ3) is 4.03. The molecule has 2 aromatic carbocycles. The second-order valence-corrected chi connectivity index (χ2v) is 5.99. The molecule has 1 heterocycles. The first kappa shape index (κ1) is 16.3. The van der Waals surface area contributed by atoms with Gasteiger partial charge in [-0.15, -0.1) is 0 Å². The molecule has 0 aliphatic heterocycles. The molecule has 0 fully saturated rings. The molecule has 1 aromatic heterocycles. The molecule has 0 saturated heterocycles. The van der Waals surface area contributed by atoms with Crippen LogP contribution in [-0.2, 0) is 0 Å². The van der Waals surface area contributed by atoms with Crippen molar-refractivity contribution in [3.05, 3.63) is 65.9 Å². The lowest BCUT2D eigenvalue weighted by molar-refractivity contribution is 0.117. The summed E-state index contributed by atoms with van der Waals surface area (Å²) in [6, 6.07) is 17.8. The Hall–Kier alpha value is -2.59. The number of nitrogens with one attached hydrogen (secondary N) is 1. The smallest absolute Gasteiger partial charge is 0.119 e. The van der Waals surface area contributed by atoms with Gasteiger partial charge in [-0.05, 0) is 43.7 Å². The first-order valence-electron chi connectivity index (χ1n) is 8.09. The van der Waals surface area contributed by atoms with Gasteiger partial charge < -0.3 is 15.2 Å². The number of aryl methyl sites for hydroxylation is 2. The van der Waals surface area contributed by atoms with Gasteiger partial charge in [-0.3, -0.25) is 4.98 Å². The van der Waals surface area contributed by atoms with Crippen LogP contribution in [0.3, 0.4) is 0 Å². The Morgan fingerprint density at radius 3 is 2.75 bits per heavy atom. The lowest BCUT2D eigenvalue weighted by Gasteiger charge is -2.16. The van der Waals surface area contributed by atoms with E-state index in [4.69, 9.17) is 4.74 Å². The van der Waals surface area contributed by atoms with E-state index in [9.17, 15) is 5.11 Å². The molecule has 1 unspecified atom stereocenters. The van der Waals surface area contributed by atoms with Gasteiger partial charge in [0.2, 0.25) is 0 Å². The van der Waals surface area contributed by atoms with Crippen LogP contribution in [0.15, 0.2) is 54.6 Å². The number of rotatable bonds is 6. The van der Waals surface area contributed by atoms with E-state index in [1.54, 1.807) is 0 Å². The summed E-state index contributed by atoms with van der Waals surface area (Å²) < 4.78 is 5.65. The Labute approximate surface area is 142 Å². The Kier molecular flexibility index (Phi) is 4.96. The molecular formula is C20H22N2O2. The number of para-hydroxylation sites is 1. The molecule has 124 valence electrons. The van der Waals surface area contributed by atoms with Crippen LogP contribution in [0.5, 0.6) is 5.75 Å². The summed E-state index contributed by atoms with van der Waals surface area (Å²) in [5.41, 5.74) is 4.01. The highest BCUT2D eigenvalue weighted by Gasteiger charge is 2.08. The van der Waals surface area contributed by atoms with Crippen LogP contribution in [0.1, 0.15) is 11.3 Å². The topological polar surface area (TPSA) is 54.4 Å². The van der Waals surface area contributed by atoms with Gasteiger partial charge in [-0.1, -0.05) is 30.3 Å². The maximum Gasteiger partial charge on any atom is 0.119 e. The first-order valence-corrected chi connectivity index (χ1v) is 8.09. The minimum absolute atomic E-state index is 0.248. The normalized spacial score (nSPS) is 12.1. The molecule has 2 N–H and O–H groups in total. The summed E-state index contributed by atoms with van der Waals surface area (Å²) in [7, 11) is 0. The SMILES string of the molecule is Cc1cccc(OCC(O)CNc2cc(C)nc3ccccc23)c1. The largest absolute Gasteiger partial charge is 0.491 e. The summed E-state index contributed by atoms with van der Waals surface area (Å²) in [4.78, 5) is 4.52. The van der Waals surface area contributed by atoms with Crippen LogP contribution in [0, 0.1) is 13.8 Å². The number of fused-ring (bicyclic) bond motifs is 1. The predicted octanol–water partition coefficient (Wildman–Crippen LogP) is 3.70. The van der Waals surface area contributed by atoms with Crippen LogP contribution in [0.2, 0.25) is 0 Å². The van der Waals surface area contributed by atoms with E-state index in [1.807, 2.05) is 68.4 Å². The molecule has 1 atom stereocenters. The van der Waals surface area contributed by atoms with Gasteiger partial charge in [0.25, 0.3) is 0 Å². The van der Waals surface area contributed by atoms with Gasteiger partial charge in [0, 0.05) is 23.3 Å². The van der Waals surface area contributed by atoms with Crippen molar-refractivity contribution in [3.63, 3.8) is 0 Å². The van der Waals surface area contributed by atoms with Gasteiger partial charge in [-0.25, -0.2) is 0 Å². The number of hydrogen-bond acceptors (Lipinski definition) is 4. The van der Waals surface area contributed by atoms with Gasteiger partial charge in [0.15, 0.2) is 0 Å². The van der Waals surface area contributed by atoms with E-state index < -0.39 is 6.10 Å². The highest BCUT2D eigenvalue weighted by Crippen LogP contribution is 2.22. The van der Waals surface area contributed by atoms with Crippen LogP contribution in [0.25, 0.3) is 10.9 Å². The van der Waals surface area contributed by atoms with Crippen molar-refractivity contribution in [2.75, 3.05) is 18.5 Å². The second kappa shape index (κ2) is 7.32. The standard InChI is InChI=1S/C20H22N2O2/c1-14-6-5-7-17(10-14)24-13-16(23)12-21-20-11-15(2)22-19-9-4-3-8-18(19)20/h3-11,16,23H,12-13H2,1-2H3,(H,21,22). The zero-order valence-electron chi connectivity index (χ0n) is 14.0. The maximum absolute atomic E-state index is 10.2. The average Bonchev–Trinajstić information content (AvgIpc) is 2.57. The van der Waals surface area contributed by atoms with Crippen LogP contribution in [-0.4, -0.2) is 29.3 Å². The molecule has 24 heavy (non-hydrogen) atoms. The summed E-state index contributed by atoms with van der Waals surface area (Å²) in [6.07, 6.45) is -0.599. The summed E-state index contributed by atoms with van der Waals surface area (Å²) in [5.74, 6) is 0.777. The van der Waals surface area contributed by atoms with Crippen molar-refractivity contribution in [3.8, 4) is 5.75 Å². The molecule has 0 spiro atoms. The molecule has 0 amide bonds. The van der Waals surface area contributed by atoms with Crippen molar-refractivity contribution in [1.82, 2.24) is 4.98 Å². The molecule has 3 rings (SSSR count). The van der Waals surface area contributed by atoms with Crippen LogP contribution < -0.4 is 10.1 Å². The van der Waals surface area contributed by atoms with Crippen molar-refractivity contribution in [1.29, 1.82) is 0 Å². The third-order valence-electron chi connectivity index (χ3n) is 3.80. The lowest BCUT2D eigenvalue weighted by Crippen LogP contribution is -2.26. The zero-order valence-corrected chi connectivity index (χ0v) is 14.0. The van der Waals surface area contributed by atoms with Crippen LogP contribution >= 0.6 is 0 Å². The van der Waals surface area contributed by atoms with Crippen molar-refractivity contribution in [2.45, 2.75) is 20.0 Å². The minimum atomic E-state index is -0.599. The van der Waals surface area contributed by atoms with E-state index in [0.29, 0.717) is 6.54 Å². The fourth-order valence-electron chi connectivity index (χ4n) is 2.64. The predicted molar refractivity (Wildman–Crippen MR) is 97.7 cm³/mol. The molecule has 4 nitrogen and oxygen atoms in total. The number of nitrogens with zero attached hydrogens (tertiary/aromatic N) is 1. The zero-order chi connectivity index (χ0) is 16.9. The number of aliphatic hydroxyl groups excluding tert-OH is 1. The van der Waals surface area contributed by atoms with E-state index in [2.05, 4.69) is 10.3 Å². The van der Waals surface area contributed by atoms with Gasteiger partial charge in [0.1, 0.15) is 18.5 Å². The molecule has 0 radical (unpaired) electrons. The third-order valence-corrected chi connectivity index (χ3v) is 3.80. The number of hydrogen-bond donors (Lipinski definition) is 2. The van der Waals surface area contributed by atoms with Gasteiger partial charge in [-0.2, -0.15) is 0 Å². The van der Waals surface area contributed by atoms with Crippen molar-refractivity contribution >= 4 is 16.6 Å². The molecule has 0 aliphatic rings. The average molecular weight is 322 g/mol. The number of benzene rings is 2. The van der Waals surface area contributed by atoms with Gasteiger partial charge >= 0.3 is 0 Å². The Morgan fingerprint density at radius 1 is 1.08 bits per heavy atom. The van der Waals surface area contributed by atoms with Gasteiger partial charge in [0.05, 0.1) is 5.52 Å². The van der Waals surface area contributed by atoms with Crippen LogP contribution in [0.4, 0.5) is 5.69 Å². The van der Waals surface area contributed by atoms with E-state index in [1.165, 1.54) is 0 Å². The maximum atomic E-state index is 10.2. The summed E-state index contributed by atoms with van der Waals surface area (Å²) in [5, 5.41) is 14.5. The fraction of sp³-hybridized carbons (Fsp3) is 0.250. The number of pyridine rings is 1. The number of ether oxygens (including phenoxy) is 1. The Morgan fingerprint density at radius 2 is 1.92 bits per heavy atom. The first-order chi connectivity index (χ1) is 11.6. The number of anilines is 1. The molecule has 3 aromatic rings. The van der Waals surface area contributed by atoms with E-state index in [-0.39, 0.29) is 6.61 Å². The number of aromatic nitrogens is 1. The molecule has 0 saturated carbocycles. The highest BCUT2D eigenvalue weighted by molar-refractivity contribution is 5.91. The molecule has 4 heteroatoms. The highest BCUT2D eigenvalue weighted by atomic mass is 16.5. The molecular weight excluding hydrogens is 300 g/mol. The van der Waals surface area contributed by atoms with Crippen molar-refractivity contribution in [2.24, 2.45) is 0 Å². The molecule has 0 aliphatic carbocycles.